The van der Waals surface area contributed by atoms with Crippen molar-refractivity contribution in [1.29, 1.82) is 0 Å². The normalized spacial score (nSPS) is 18.0. The van der Waals surface area contributed by atoms with Crippen molar-refractivity contribution in [2.75, 3.05) is 19.0 Å². The Balaban J connectivity index is 1.37. The number of carbonyl (C=O) groups excluding carboxylic acids is 4. The molecule has 1 amide bonds. The van der Waals surface area contributed by atoms with Crippen LogP contribution in [0.5, 0.6) is 0 Å². The number of methoxy groups -OCH3 is 1. The molecule has 6 rings (SSSR count). The first-order valence-electron chi connectivity index (χ1n) is 18.1. The predicted octanol–water partition coefficient (Wildman–Crippen LogP) is 4.43. The van der Waals surface area contributed by atoms with E-state index >= 15 is 0 Å². The average Bonchev–Trinajstić information content (AvgIpc) is 3.80. The minimum atomic E-state index is -1.74. The molecule has 0 radical (unpaired) electrons. The number of aromatic nitrogens is 4. The third-order valence-corrected chi connectivity index (χ3v) is 8.78. The van der Waals surface area contributed by atoms with E-state index in [0.29, 0.717) is 23.2 Å². The molecular formula is C40H42N6O11. The van der Waals surface area contributed by atoms with Crippen LogP contribution in [0.3, 0.4) is 0 Å². The minimum absolute atomic E-state index is 0.00997. The molecule has 1 aliphatic rings. The van der Waals surface area contributed by atoms with Crippen LogP contribution in [0, 0.1) is 5.92 Å². The Hall–Kier alpha value is -6.75. The zero-order chi connectivity index (χ0) is 40.3. The van der Waals surface area contributed by atoms with Crippen molar-refractivity contribution < 1.29 is 47.6 Å². The molecule has 1 aliphatic heterocycles. The van der Waals surface area contributed by atoms with Gasteiger partial charge in [0.25, 0.3) is 11.5 Å². The maximum atomic E-state index is 14.3. The van der Waals surface area contributed by atoms with Crippen LogP contribution in [0.2, 0.25) is 0 Å². The lowest BCUT2D eigenvalue weighted by atomic mass is 10.0. The predicted molar refractivity (Wildman–Crippen MR) is 202 cm³/mol. The zero-order valence-electron chi connectivity index (χ0n) is 31.4. The smallest absolute Gasteiger partial charge is 0.467 e. The third-order valence-electron chi connectivity index (χ3n) is 8.78. The van der Waals surface area contributed by atoms with Crippen molar-refractivity contribution >= 4 is 41.3 Å². The van der Waals surface area contributed by atoms with Crippen molar-refractivity contribution in [3.63, 3.8) is 0 Å². The maximum absolute atomic E-state index is 14.3. The van der Waals surface area contributed by atoms with Gasteiger partial charge in [-0.05, 0) is 22.6 Å². The van der Waals surface area contributed by atoms with Crippen molar-refractivity contribution in [2.24, 2.45) is 5.92 Å². The van der Waals surface area contributed by atoms with E-state index in [-0.39, 0.29) is 42.7 Å². The molecule has 17 nitrogen and oxygen atoms in total. The number of ether oxygens (including phenoxy) is 6. The van der Waals surface area contributed by atoms with Gasteiger partial charge in [0.15, 0.2) is 35.7 Å². The fourth-order valence-electron chi connectivity index (χ4n) is 5.99. The monoisotopic (exact) mass is 782 g/mol. The number of nitrogens with zero attached hydrogens (tertiary/aromatic N) is 3. The molecule has 1 fully saturated rings. The number of esters is 1. The lowest BCUT2D eigenvalue weighted by molar-refractivity contribution is -0.148. The fourth-order valence-corrected chi connectivity index (χ4v) is 5.99. The van der Waals surface area contributed by atoms with Gasteiger partial charge in [-0.2, -0.15) is 4.98 Å². The first kappa shape index (κ1) is 39.9. The van der Waals surface area contributed by atoms with Crippen LogP contribution in [-0.2, 0) is 57.6 Å². The van der Waals surface area contributed by atoms with E-state index in [1.165, 1.54) is 18.0 Å². The summed E-state index contributed by atoms with van der Waals surface area (Å²) in [5, 5.41) is 5.70. The summed E-state index contributed by atoms with van der Waals surface area (Å²) >= 11 is 0. The molecule has 298 valence electrons. The van der Waals surface area contributed by atoms with Gasteiger partial charge in [-0.15, -0.1) is 0 Å². The third kappa shape index (κ3) is 10.3. The lowest BCUT2D eigenvalue weighted by Gasteiger charge is -2.24. The Bertz CT molecular complexity index is 2200. The molecule has 0 unspecified atom stereocenters. The zero-order valence-corrected chi connectivity index (χ0v) is 31.4. The van der Waals surface area contributed by atoms with E-state index < -0.39 is 60.3 Å². The lowest BCUT2D eigenvalue weighted by Crippen LogP contribution is -2.51. The van der Waals surface area contributed by atoms with Crippen molar-refractivity contribution in [3.05, 3.63) is 124 Å². The van der Waals surface area contributed by atoms with E-state index in [2.05, 4.69) is 25.6 Å². The van der Waals surface area contributed by atoms with Crippen molar-refractivity contribution in [3.8, 4) is 0 Å². The largest absolute Gasteiger partial charge is 0.509 e. The number of anilines is 1. The molecule has 2 aromatic heterocycles. The van der Waals surface area contributed by atoms with Crippen LogP contribution in [0.15, 0.2) is 102 Å². The Morgan fingerprint density at radius 1 is 0.825 bits per heavy atom. The van der Waals surface area contributed by atoms with E-state index in [4.69, 9.17) is 28.4 Å². The van der Waals surface area contributed by atoms with Crippen LogP contribution >= 0.6 is 0 Å². The highest BCUT2D eigenvalue weighted by atomic mass is 16.8. The highest BCUT2D eigenvalue weighted by Crippen LogP contribution is 2.36. The molecular weight excluding hydrogens is 740 g/mol. The number of H-pyrrole nitrogens is 1. The van der Waals surface area contributed by atoms with E-state index in [1.54, 1.807) is 91.0 Å². The van der Waals surface area contributed by atoms with Gasteiger partial charge in [0.2, 0.25) is 5.95 Å². The highest BCUT2D eigenvalue weighted by Gasteiger charge is 2.55. The van der Waals surface area contributed by atoms with Gasteiger partial charge in [-0.1, -0.05) is 105 Å². The topological polar surface area (TPSA) is 211 Å². The highest BCUT2D eigenvalue weighted by molar-refractivity contribution is 5.88. The molecule has 3 aromatic carbocycles. The summed E-state index contributed by atoms with van der Waals surface area (Å²) < 4.78 is 34.9. The second kappa shape index (κ2) is 18.7. The minimum Gasteiger partial charge on any atom is -0.467 e. The van der Waals surface area contributed by atoms with Crippen molar-refractivity contribution in [2.45, 2.75) is 64.1 Å². The van der Waals surface area contributed by atoms with E-state index in [0.717, 1.165) is 0 Å². The summed E-state index contributed by atoms with van der Waals surface area (Å²) in [6.45, 7) is 4.04. The Morgan fingerprint density at radius 3 is 1.95 bits per heavy atom. The van der Waals surface area contributed by atoms with E-state index in [1.807, 2.05) is 13.8 Å². The summed E-state index contributed by atoms with van der Waals surface area (Å²) in [4.78, 5) is 78.5. The van der Waals surface area contributed by atoms with Crippen LogP contribution in [-0.4, -0.2) is 81.7 Å². The number of amides is 1. The molecule has 5 aromatic rings. The molecule has 5 atom stereocenters. The Kier molecular flexibility index (Phi) is 13.1. The molecule has 0 saturated carbocycles. The summed E-state index contributed by atoms with van der Waals surface area (Å²) in [5.74, 6) is -1.37. The number of hydrogen-bond donors (Lipinski definition) is 3. The standard InChI is InChI=1S/C40H42N6O11/c1-24(2)20-41-38-44-33-29(34(47)45-38)42-23-46(33)36-32(57-40(51)54-22-27-17-11-6-12-18-27)30(56-39(50)53-21-26-15-9-5-10-16-26)31(55-36)35(48)43-28(37(49)52-3)19-25-13-7-4-8-14-25/h4-18,23-24,28,30-32,36H,19-22H2,1-3H3,(H,43,48)(H2,41,44,45,47)/t28-,30+,31-,32+,36+/m0/s1. The fraction of sp³-hybridized carbons (Fsp3) is 0.325. The number of imidazole rings is 1. The summed E-state index contributed by atoms with van der Waals surface area (Å²) in [5.41, 5.74) is 1.31. The van der Waals surface area contributed by atoms with Gasteiger partial charge in [-0.3, -0.25) is 19.1 Å². The number of hydrogen-bond acceptors (Lipinski definition) is 14. The van der Waals surface area contributed by atoms with Crippen molar-refractivity contribution in [1.82, 2.24) is 24.8 Å². The molecule has 3 N–H and O–H groups in total. The maximum Gasteiger partial charge on any atom is 0.509 e. The molecule has 57 heavy (non-hydrogen) atoms. The number of fused-ring (bicyclic) bond motifs is 1. The quantitative estimate of drug-likeness (QED) is 0.0991. The summed E-state index contributed by atoms with van der Waals surface area (Å²) in [6, 6.07) is 25.3. The van der Waals surface area contributed by atoms with Gasteiger partial charge in [0.05, 0.1) is 13.4 Å². The van der Waals surface area contributed by atoms with Gasteiger partial charge in [0, 0.05) is 13.0 Å². The second-order valence-corrected chi connectivity index (χ2v) is 13.4. The number of rotatable bonds is 15. The first-order valence-corrected chi connectivity index (χ1v) is 18.1. The number of aromatic amines is 1. The number of carbonyl (C=O) groups is 4. The van der Waals surface area contributed by atoms with Crippen LogP contribution in [0.25, 0.3) is 11.2 Å². The molecule has 3 heterocycles. The van der Waals surface area contributed by atoms with E-state index in [9.17, 15) is 24.0 Å². The van der Waals surface area contributed by atoms with Gasteiger partial charge in [-0.25, -0.2) is 19.4 Å². The van der Waals surface area contributed by atoms with Crippen LogP contribution in [0.4, 0.5) is 15.5 Å². The molecule has 0 bridgehead atoms. The molecule has 0 spiro atoms. The van der Waals surface area contributed by atoms with Gasteiger partial charge < -0.3 is 39.1 Å². The number of benzene rings is 3. The first-order chi connectivity index (χ1) is 27.6. The van der Waals surface area contributed by atoms with Gasteiger partial charge >= 0.3 is 18.3 Å². The second-order valence-electron chi connectivity index (χ2n) is 13.4. The molecule has 1 saturated heterocycles. The Labute approximate surface area is 326 Å². The SMILES string of the molecule is COC(=O)[C@H](Cc1ccccc1)NC(=O)[C@H]1O[C@@H](n2cnc3c(=O)[nH]c(NCC(C)C)nc32)[C@H](OC(=O)OCc2ccccc2)[C@@H]1OC(=O)OCc1ccccc1. The molecule has 0 aliphatic carbocycles. The van der Waals surface area contributed by atoms with Crippen LogP contribution in [0.1, 0.15) is 36.8 Å². The molecule has 17 heteroatoms. The number of nitrogens with one attached hydrogen (secondary N) is 3. The van der Waals surface area contributed by atoms with Crippen LogP contribution < -0.4 is 16.2 Å². The summed E-state index contributed by atoms with van der Waals surface area (Å²) in [6.07, 6.45) is -7.76. The Morgan fingerprint density at radius 2 is 1.39 bits per heavy atom. The van der Waals surface area contributed by atoms with Gasteiger partial charge in [0.1, 0.15) is 19.3 Å². The summed E-state index contributed by atoms with van der Waals surface area (Å²) in [7, 11) is 1.18. The average molecular weight is 783 g/mol.